The van der Waals surface area contributed by atoms with E-state index < -0.39 is 41.5 Å². The molecule has 8 amide bonds. The van der Waals surface area contributed by atoms with Gasteiger partial charge in [-0.2, -0.15) is 4.98 Å². The molecule has 10 N–H and O–H groups in total. The Morgan fingerprint density at radius 3 is 1.36 bits per heavy atom. The predicted octanol–water partition coefficient (Wildman–Crippen LogP) is 5.05. The molecule has 7 rings (SSSR count). The number of anilines is 8. The maximum Gasteiger partial charge on any atom is 0.411 e. The summed E-state index contributed by atoms with van der Waals surface area (Å²) in [5.74, 6) is -1.64. The summed E-state index contributed by atoms with van der Waals surface area (Å²) in [5, 5.41) is 21.1. The Bertz CT molecular complexity index is 3590. The van der Waals surface area contributed by atoms with Gasteiger partial charge >= 0.3 is 6.09 Å². The van der Waals surface area contributed by atoms with Gasteiger partial charge in [-0.15, -0.1) is 0 Å². The van der Waals surface area contributed by atoms with E-state index in [0.29, 0.717) is 122 Å². The van der Waals surface area contributed by atoms with Crippen LogP contribution in [0.15, 0.2) is 104 Å². The second kappa shape index (κ2) is 41.5. The van der Waals surface area contributed by atoms with Crippen LogP contribution in [-0.4, -0.2) is 198 Å². The van der Waals surface area contributed by atoms with E-state index in [1.165, 1.54) is 52.3 Å². The number of rotatable bonds is 46. The van der Waals surface area contributed by atoms with Crippen LogP contribution in [0, 0.1) is 0 Å². The number of imidazole rings is 3. The molecule has 0 fully saturated rings. The molecular weight excluding hydrogens is 1270 g/mol. The first-order chi connectivity index (χ1) is 47.1. The average molecular weight is 1350 g/mol. The van der Waals surface area contributed by atoms with Crippen molar-refractivity contribution in [2.24, 2.45) is 21.1 Å². The van der Waals surface area contributed by atoms with E-state index in [0.717, 1.165) is 5.56 Å². The first kappa shape index (κ1) is 74.1. The van der Waals surface area contributed by atoms with Crippen LogP contribution in [0.2, 0.25) is 0 Å². The Balaban J connectivity index is 0.605. The molecule has 0 bridgehead atoms. The van der Waals surface area contributed by atoms with Gasteiger partial charge in [0.25, 0.3) is 11.8 Å². The molecule has 97 heavy (non-hydrogen) atoms. The second-order valence-corrected chi connectivity index (χ2v) is 20.9. The number of H-pyrrole nitrogens is 2. The fraction of sp³-hybridized carbons (Fsp3) is 0.413. The fourth-order valence-electron chi connectivity index (χ4n) is 8.43. The number of ether oxygens (including phenoxy) is 10. The standard InChI is InChI=1S/C63H82N16O18/c1-77-19-18-64-58(77)60(85)67-46-37-49(65-39-46)70-53(80)13-15-55(82)72-51-41-78(2)59(74-51)61(86)68-47-38-50(66-40-47)71-54(81)14-16-56(83)73-52-42-79(3)62(75-52)76-57(84)17-20-88-21-22-89-23-24-90-25-26-91-27-28-92-29-30-93-31-32-94-33-34-95-35-36-96-48-11-9-45(10-12-48)69-63(87)97-43-44-7-5-4-6-8-44/h4-12,18-19,37-42,65-66H,13-17,20-36,43H2,1-3H3,(H,67,85)(H,68,86)(H,69,87)(H,70,80)(H,71,81)(H,72,82)(H,73,83)(H,75,76,84). The highest BCUT2D eigenvalue weighted by Crippen LogP contribution is 2.20. The highest BCUT2D eigenvalue weighted by Gasteiger charge is 2.20. The van der Waals surface area contributed by atoms with Crippen molar-refractivity contribution in [3.05, 3.63) is 121 Å². The molecular formula is C63H82N16O18. The molecule has 522 valence electrons. The second-order valence-electron chi connectivity index (χ2n) is 20.9. The molecule has 0 atom stereocenters. The van der Waals surface area contributed by atoms with Crippen molar-refractivity contribution in [2.45, 2.75) is 38.7 Å². The lowest BCUT2D eigenvalue weighted by Crippen LogP contribution is -2.18. The topological polar surface area (TPSA) is 410 Å². The van der Waals surface area contributed by atoms with Crippen LogP contribution >= 0.6 is 0 Å². The third-order valence-electron chi connectivity index (χ3n) is 13.2. The summed E-state index contributed by atoms with van der Waals surface area (Å²) in [7, 11) is 4.88. The Labute approximate surface area is 557 Å². The summed E-state index contributed by atoms with van der Waals surface area (Å²) in [6.45, 7) is 6.61. The molecule has 5 heterocycles. The van der Waals surface area contributed by atoms with E-state index in [2.05, 4.69) is 67.5 Å². The molecule has 0 spiro atoms. The number of nitrogens with zero attached hydrogens (tertiary/aromatic N) is 6. The Hall–Kier alpha value is -10.3. The Morgan fingerprint density at radius 2 is 0.866 bits per heavy atom. The minimum atomic E-state index is -0.628. The van der Waals surface area contributed by atoms with Gasteiger partial charge in [-0.05, 0) is 29.8 Å². The lowest BCUT2D eigenvalue weighted by Gasteiger charge is -2.10. The molecule has 34 heteroatoms. The minimum Gasteiger partial charge on any atom is -0.491 e. The summed E-state index contributed by atoms with van der Waals surface area (Å²) in [5.41, 5.74) is 2.18. The monoisotopic (exact) mass is 1350 g/mol. The number of benzene rings is 2. The third-order valence-corrected chi connectivity index (χ3v) is 13.2. The third kappa shape index (κ3) is 28.7. The van der Waals surface area contributed by atoms with E-state index in [-0.39, 0.29) is 98.6 Å². The number of nitrogens with one attached hydrogen (secondary N) is 10. The van der Waals surface area contributed by atoms with E-state index >= 15 is 0 Å². The number of aromatic nitrogens is 8. The van der Waals surface area contributed by atoms with Gasteiger partial charge in [0.05, 0.1) is 124 Å². The quantitative estimate of drug-likeness (QED) is 0.0223. The SMILES string of the molecule is Cn1cc(NC(=O)CCC(=O)Nc2cc(NC(=O)c3nc(NC(=O)CCC(=O)Nc4cc(NC(=O)c5nccn5C)c[nH]4)cn3C)c[nH]2)nc1NC(=O)CCOCCOCCOCCOCCOCCOCCOCCOCCOc1ccc(NC(=O)OCc2ccccc2)cc1. The van der Waals surface area contributed by atoms with Crippen LogP contribution in [0.5, 0.6) is 5.75 Å². The van der Waals surface area contributed by atoms with Crippen molar-refractivity contribution in [3.8, 4) is 5.75 Å². The van der Waals surface area contributed by atoms with E-state index in [1.807, 2.05) is 30.3 Å². The van der Waals surface area contributed by atoms with Crippen LogP contribution in [0.25, 0.3) is 0 Å². The molecule has 5 aromatic heterocycles. The van der Waals surface area contributed by atoms with Crippen LogP contribution in [0.3, 0.4) is 0 Å². The largest absolute Gasteiger partial charge is 0.491 e. The number of amides is 8. The van der Waals surface area contributed by atoms with Gasteiger partial charge < -0.3 is 103 Å². The summed E-state index contributed by atoms with van der Waals surface area (Å²) < 4.78 is 59.6. The first-order valence-electron chi connectivity index (χ1n) is 31.0. The van der Waals surface area contributed by atoms with Crippen LogP contribution in [-0.2, 0) is 94.4 Å². The molecule has 0 aliphatic carbocycles. The van der Waals surface area contributed by atoms with Gasteiger partial charge in [-0.3, -0.25) is 44.2 Å². The highest BCUT2D eigenvalue weighted by molar-refractivity contribution is 6.04. The van der Waals surface area contributed by atoms with Gasteiger partial charge in [-0.25, -0.2) is 14.8 Å². The summed E-state index contributed by atoms with van der Waals surface area (Å²) in [6, 6.07) is 19.4. The van der Waals surface area contributed by atoms with Crippen molar-refractivity contribution in [2.75, 3.05) is 155 Å². The van der Waals surface area contributed by atoms with Gasteiger partial charge in [0.15, 0.2) is 17.5 Å². The van der Waals surface area contributed by atoms with Crippen LogP contribution in [0.1, 0.15) is 58.9 Å². The molecule has 0 saturated heterocycles. The van der Waals surface area contributed by atoms with E-state index in [1.54, 1.807) is 56.2 Å². The zero-order valence-corrected chi connectivity index (χ0v) is 54.1. The lowest BCUT2D eigenvalue weighted by atomic mass is 10.2. The van der Waals surface area contributed by atoms with E-state index in [4.69, 9.17) is 47.4 Å². The smallest absolute Gasteiger partial charge is 0.411 e. The first-order valence-corrected chi connectivity index (χ1v) is 31.0. The van der Waals surface area contributed by atoms with Crippen molar-refractivity contribution in [1.82, 2.24) is 38.6 Å². The van der Waals surface area contributed by atoms with Crippen molar-refractivity contribution in [1.29, 1.82) is 0 Å². The summed E-state index contributed by atoms with van der Waals surface area (Å²) in [4.78, 5) is 119. The van der Waals surface area contributed by atoms with Crippen molar-refractivity contribution < 1.29 is 85.7 Å². The number of hydrogen-bond donors (Lipinski definition) is 10. The Morgan fingerprint density at radius 1 is 0.423 bits per heavy atom. The van der Waals surface area contributed by atoms with Gasteiger partial charge in [0.2, 0.25) is 41.3 Å². The minimum absolute atomic E-state index is 0.0437. The maximum absolute atomic E-state index is 13.1. The van der Waals surface area contributed by atoms with Gasteiger partial charge in [0.1, 0.15) is 30.6 Å². The van der Waals surface area contributed by atoms with Crippen LogP contribution in [0.4, 0.5) is 51.1 Å². The van der Waals surface area contributed by atoms with Crippen molar-refractivity contribution in [3.63, 3.8) is 0 Å². The number of aromatic amines is 2. The molecule has 2 aromatic carbocycles. The number of aryl methyl sites for hydroxylation is 3. The summed E-state index contributed by atoms with van der Waals surface area (Å²) in [6.07, 6.45) is 7.73. The number of hydrogen-bond acceptors (Lipinski definition) is 21. The fourth-order valence-corrected chi connectivity index (χ4v) is 8.43. The summed E-state index contributed by atoms with van der Waals surface area (Å²) >= 11 is 0. The van der Waals surface area contributed by atoms with Gasteiger partial charge in [-0.1, -0.05) is 30.3 Å². The molecule has 7 aromatic rings. The van der Waals surface area contributed by atoms with E-state index in [9.17, 15) is 38.4 Å². The molecule has 34 nitrogen and oxygen atoms in total. The maximum atomic E-state index is 13.1. The lowest BCUT2D eigenvalue weighted by molar-refractivity contribution is -0.121. The molecule has 0 radical (unpaired) electrons. The number of carbonyl (C=O) groups is 8. The molecule has 0 saturated carbocycles. The normalized spacial score (nSPS) is 11.0. The zero-order chi connectivity index (χ0) is 68.8. The zero-order valence-electron chi connectivity index (χ0n) is 54.1. The Kier molecular flexibility index (Phi) is 31.7. The van der Waals surface area contributed by atoms with Crippen LogP contribution < -0.4 is 47.3 Å². The van der Waals surface area contributed by atoms with Crippen molar-refractivity contribution >= 4 is 93.7 Å². The molecule has 0 aliphatic rings. The van der Waals surface area contributed by atoms with Gasteiger partial charge in [0, 0.05) is 102 Å². The highest BCUT2D eigenvalue weighted by atomic mass is 16.6. The molecule has 0 unspecified atom stereocenters. The predicted molar refractivity (Wildman–Crippen MR) is 352 cm³/mol. The number of carbonyl (C=O) groups excluding carboxylic acids is 8. The average Bonchev–Trinajstić information content (AvgIpc) is 2.46. The molecule has 0 aliphatic heterocycles.